The molecule has 1 saturated heterocycles. The molecule has 2 aromatic rings. The van der Waals surface area contributed by atoms with Gasteiger partial charge >= 0.3 is 12.4 Å². The van der Waals surface area contributed by atoms with E-state index in [4.69, 9.17) is 0 Å². The van der Waals surface area contributed by atoms with Gasteiger partial charge in [0.15, 0.2) is 9.84 Å². The van der Waals surface area contributed by atoms with E-state index in [2.05, 4.69) is 10.3 Å². The third-order valence-electron chi connectivity index (χ3n) is 6.85. The molecule has 3 atom stereocenters. The molecule has 1 saturated carbocycles. The topological polar surface area (TPSA) is 96.4 Å². The molecule has 1 unspecified atom stereocenters. The van der Waals surface area contributed by atoms with E-state index in [0.29, 0.717) is 17.7 Å². The van der Waals surface area contributed by atoms with Gasteiger partial charge in [-0.3, -0.25) is 14.6 Å². The number of likely N-dealkylation sites (tertiary alicyclic amines) is 1. The van der Waals surface area contributed by atoms with Gasteiger partial charge in [-0.1, -0.05) is 0 Å². The van der Waals surface area contributed by atoms with E-state index >= 15 is 0 Å². The molecule has 0 radical (unpaired) electrons. The Hall–Kier alpha value is -3.30. The van der Waals surface area contributed by atoms with Crippen molar-refractivity contribution in [2.45, 2.75) is 48.6 Å². The van der Waals surface area contributed by atoms with E-state index in [1.54, 1.807) is 0 Å². The number of nitrogens with one attached hydrogen (secondary N) is 1. The van der Waals surface area contributed by atoms with Gasteiger partial charge in [0, 0.05) is 30.8 Å². The number of alkyl halides is 6. The first-order chi connectivity index (χ1) is 18.4. The highest BCUT2D eigenvalue weighted by Gasteiger charge is 2.55. The monoisotopic (exact) mass is 599 g/mol. The van der Waals surface area contributed by atoms with E-state index in [0.717, 1.165) is 24.7 Å². The SMILES string of the molecule is CS(=O)(=O)c1cncc(C(=O)N2CC[C@H](C(F)(F)F)[C@H]2C(=O)NC(c2cc(F)c(C(F)(F)F)cc2F)C2CC2)c1. The van der Waals surface area contributed by atoms with Gasteiger partial charge in [0.2, 0.25) is 5.91 Å². The number of hydrogen-bond acceptors (Lipinski definition) is 5. The summed E-state index contributed by atoms with van der Waals surface area (Å²) >= 11 is 0. The lowest BCUT2D eigenvalue weighted by molar-refractivity contribution is -0.182. The van der Waals surface area contributed by atoms with E-state index in [1.807, 2.05) is 0 Å². The van der Waals surface area contributed by atoms with Crippen LogP contribution in [0.4, 0.5) is 35.1 Å². The van der Waals surface area contributed by atoms with Gasteiger partial charge < -0.3 is 10.2 Å². The minimum absolute atomic E-state index is 0.0854. The van der Waals surface area contributed by atoms with Crippen molar-refractivity contribution in [2.75, 3.05) is 12.8 Å². The van der Waals surface area contributed by atoms with E-state index in [9.17, 15) is 53.1 Å². The van der Waals surface area contributed by atoms with Gasteiger partial charge in [-0.25, -0.2) is 17.2 Å². The van der Waals surface area contributed by atoms with Crippen molar-refractivity contribution in [3.8, 4) is 0 Å². The molecule has 0 bridgehead atoms. The quantitative estimate of drug-likeness (QED) is 0.496. The molecule has 0 spiro atoms. The third-order valence-corrected chi connectivity index (χ3v) is 7.93. The lowest BCUT2D eigenvalue weighted by Crippen LogP contribution is -2.52. The van der Waals surface area contributed by atoms with Crippen LogP contribution >= 0.6 is 0 Å². The number of pyridine rings is 1. The van der Waals surface area contributed by atoms with E-state index in [-0.39, 0.29) is 17.0 Å². The maximum absolute atomic E-state index is 14.7. The first kappa shape index (κ1) is 29.7. The number of carbonyl (C=O) groups excluding carboxylic acids is 2. The summed E-state index contributed by atoms with van der Waals surface area (Å²) in [6.07, 6.45) is -7.55. The average Bonchev–Trinajstić information content (AvgIpc) is 3.57. The predicted octanol–water partition coefficient (Wildman–Crippen LogP) is 4.44. The average molecular weight is 600 g/mol. The second-order valence-electron chi connectivity index (χ2n) is 9.74. The first-order valence-electron chi connectivity index (χ1n) is 11.8. The Morgan fingerprint density at radius 1 is 1.00 bits per heavy atom. The van der Waals surface area contributed by atoms with Crippen LogP contribution in [0.1, 0.15) is 46.8 Å². The molecule has 2 heterocycles. The second kappa shape index (κ2) is 10.3. The standard InChI is InChI=1S/C24H21F8N3O4S/c1-40(38,39)13-6-12(9-33-10-13)22(37)35-5-4-15(23(27,28)29)20(35)21(36)34-19(11-2-3-11)14-7-18(26)16(8-17(14)25)24(30,31)32/h6-11,15,19-20H,2-5H2,1H3,(H,34,36)/t15-,19?,20-/m0/s1. The van der Waals surface area contributed by atoms with Crippen molar-refractivity contribution in [3.63, 3.8) is 0 Å². The van der Waals surface area contributed by atoms with Gasteiger partial charge in [0.05, 0.1) is 28.0 Å². The maximum atomic E-state index is 14.7. The lowest BCUT2D eigenvalue weighted by Gasteiger charge is -2.30. The van der Waals surface area contributed by atoms with E-state index in [1.165, 1.54) is 0 Å². The Bertz CT molecular complexity index is 1440. The fourth-order valence-corrected chi connectivity index (χ4v) is 5.32. The molecular weight excluding hydrogens is 578 g/mol. The highest BCUT2D eigenvalue weighted by Crippen LogP contribution is 2.44. The number of hydrogen-bond donors (Lipinski definition) is 1. The summed E-state index contributed by atoms with van der Waals surface area (Å²) in [5.41, 5.74) is -2.96. The predicted molar refractivity (Wildman–Crippen MR) is 121 cm³/mol. The van der Waals surface area contributed by atoms with Crippen LogP contribution in [0.5, 0.6) is 0 Å². The van der Waals surface area contributed by atoms with Crippen molar-refractivity contribution in [1.29, 1.82) is 0 Å². The van der Waals surface area contributed by atoms with Crippen molar-refractivity contribution < 1.29 is 53.1 Å². The summed E-state index contributed by atoms with van der Waals surface area (Å²) < 4.78 is 133. The van der Waals surface area contributed by atoms with Gasteiger partial charge in [0.1, 0.15) is 17.7 Å². The van der Waals surface area contributed by atoms with Crippen LogP contribution in [-0.4, -0.2) is 55.1 Å². The summed E-state index contributed by atoms with van der Waals surface area (Å²) in [6, 6.07) is -2.59. The van der Waals surface area contributed by atoms with Crippen LogP contribution in [0.15, 0.2) is 35.5 Å². The summed E-state index contributed by atoms with van der Waals surface area (Å²) in [4.78, 5) is 30.3. The van der Waals surface area contributed by atoms with Crippen molar-refractivity contribution in [1.82, 2.24) is 15.2 Å². The molecule has 2 amide bonds. The number of halogens is 8. The minimum atomic E-state index is -5.21. The maximum Gasteiger partial charge on any atom is 0.419 e. The molecule has 218 valence electrons. The lowest BCUT2D eigenvalue weighted by atomic mass is 9.95. The van der Waals surface area contributed by atoms with Gasteiger partial charge in [-0.2, -0.15) is 26.3 Å². The molecule has 1 aliphatic heterocycles. The molecule has 7 nitrogen and oxygen atoms in total. The van der Waals surface area contributed by atoms with Crippen LogP contribution in [0, 0.1) is 23.5 Å². The Morgan fingerprint density at radius 3 is 2.20 bits per heavy atom. The zero-order valence-electron chi connectivity index (χ0n) is 20.5. The fraction of sp³-hybridized carbons (Fsp3) is 0.458. The minimum Gasteiger partial charge on any atom is -0.347 e. The van der Waals surface area contributed by atoms with Crippen LogP contribution in [0.25, 0.3) is 0 Å². The third kappa shape index (κ3) is 6.05. The zero-order chi connectivity index (χ0) is 29.8. The highest BCUT2D eigenvalue weighted by molar-refractivity contribution is 7.90. The number of sulfone groups is 1. The number of amides is 2. The van der Waals surface area contributed by atoms with Gasteiger partial charge in [0.25, 0.3) is 5.91 Å². The molecule has 4 rings (SSSR count). The van der Waals surface area contributed by atoms with E-state index < -0.39 is 99.2 Å². The number of nitrogens with zero attached hydrogens (tertiary/aromatic N) is 2. The number of carbonyl (C=O) groups is 2. The number of rotatable bonds is 6. The van der Waals surface area contributed by atoms with Crippen LogP contribution < -0.4 is 5.32 Å². The molecule has 1 aromatic heterocycles. The van der Waals surface area contributed by atoms with Crippen molar-refractivity contribution in [2.24, 2.45) is 11.8 Å². The number of aromatic nitrogens is 1. The van der Waals surface area contributed by atoms with Crippen LogP contribution in [-0.2, 0) is 20.8 Å². The van der Waals surface area contributed by atoms with Crippen molar-refractivity contribution in [3.05, 3.63) is 58.9 Å². The zero-order valence-corrected chi connectivity index (χ0v) is 21.3. The molecule has 1 aromatic carbocycles. The largest absolute Gasteiger partial charge is 0.419 e. The summed E-state index contributed by atoms with van der Waals surface area (Å²) in [5.74, 6) is -8.80. The Morgan fingerprint density at radius 2 is 1.65 bits per heavy atom. The summed E-state index contributed by atoms with van der Waals surface area (Å²) in [6.45, 7) is -0.554. The molecule has 1 N–H and O–H groups in total. The molecule has 2 fully saturated rings. The Labute approximate surface area is 222 Å². The Kier molecular flexibility index (Phi) is 7.62. The van der Waals surface area contributed by atoms with Gasteiger partial charge in [-0.05, 0) is 43.4 Å². The molecule has 1 aliphatic carbocycles. The summed E-state index contributed by atoms with van der Waals surface area (Å²) in [5, 5.41) is 2.21. The second-order valence-corrected chi connectivity index (χ2v) is 11.8. The van der Waals surface area contributed by atoms with Gasteiger partial charge in [-0.15, -0.1) is 0 Å². The first-order valence-corrected chi connectivity index (χ1v) is 13.7. The fourth-order valence-electron chi connectivity index (χ4n) is 4.73. The summed E-state index contributed by atoms with van der Waals surface area (Å²) in [7, 11) is -3.84. The molecular formula is C24H21F8N3O4S. The molecule has 2 aliphatic rings. The highest BCUT2D eigenvalue weighted by atomic mass is 32.2. The van der Waals surface area contributed by atoms with Crippen LogP contribution in [0.3, 0.4) is 0 Å². The Balaban J connectivity index is 1.68. The normalized spacial score (nSPS) is 20.9. The molecule has 40 heavy (non-hydrogen) atoms. The number of benzene rings is 1. The molecule has 16 heteroatoms. The smallest absolute Gasteiger partial charge is 0.347 e. The van der Waals surface area contributed by atoms with Crippen molar-refractivity contribution >= 4 is 21.7 Å². The van der Waals surface area contributed by atoms with Crippen LogP contribution in [0.2, 0.25) is 0 Å².